The molecule has 114 valence electrons. The van der Waals surface area contributed by atoms with Crippen LogP contribution in [0.5, 0.6) is 0 Å². The van der Waals surface area contributed by atoms with Crippen LogP contribution in [0, 0.1) is 11.7 Å². The second kappa shape index (κ2) is 6.65. The largest absolute Gasteiger partial charge is 0.316 e. The molecule has 1 aromatic rings. The van der Waals surface area contributed by atoms with E-state index < -0.39 is 15.8 Å². The monoisotopic (exact) mass is 302 g/mol. The zero-order chi connectivity index (χ0) is 15.5. The minimum atomic E-state index is -3.60. The Hall–Kier alpha value is -0.980. The lowest BCUT2D eigenvalue weighted by atomic mass is 10.1. The van der Waals surface area contributed by atoms with Crippen LogP contribution in [-0.4, -0.2) is 32.9 Å². The molecule has 1 rings (SSSR count). The summed E-state index contributed by atoms with van der Waals surface area (Å²) in [5.41, 5.74) is 0.346. The van der Waals surface area contributed by atoms with Gasteiger partial charge < -0.3 is 5.32 Å². The number of halogens is 1. The number of nitrogens with zero attached hydrogens (tertiary/aromatic N) is 1. The molecule has 0 radical (unpaired) electrons. The van der Waals surface area contributed by atoms with Gasteiger partial charge in [-0.25, -0.2) is 12.8 Å². The highest BCUT2D eigenvalue weighted by atomic mass is 32.2. The second-order valence-corrected chi connectivity index (χ2v) is 7.29. The van der Waals surface area contributed by atoms with E-state index in [0.717, 1.165) is 0 Å². The van der Waals surface area contributed by atoms with E-state index in [4.69, 9.17) is 0 Å². The molecule has 6 heteroatoms. The number of sulfonamides is 1. The fourth-order valence-electron chi connectivity index (χ4n) is 1.84. The maximum atomic E-state index is 13.6. The highest BCUT2D eigenvalue weighted by Crippen LogP contribution is 2.22. The van der Waals surface area contributed by atoms with Gasteiger partial charge in [-0.05, 0) is 38.1 Å². The Kier molecular flexibility index (Phi) is 5.68. The van der Waals surface area contributed by atoms with Gasteiger partial charge in [-0.15, -0.1) is 0 Å². The van der Waals surface area contributed by atoms with Crippen molar-refractivity contribution in [3.8, 4) is 0 Å². The van der Waals surface area contributed by atoms with Gasteiger partial charge in [0.1, 0.15) is 5.82 Å². The summed E-state index contributed by atoms with van der Waals surface area (Å²) in [6, 6.07) is 3.78. The molecule has 0 aliphatic heterocycles. The van der Waals surface area contributed by atoms with Crippen molar-refractivity contribution in [2.75, 3.05) is 14.1 Å². The van der Waals surface area contributed by atoms with Crippen molar-refractivity contribution in [2.24, 2.45) is 5.92 Å². The van der Waals surface area contributed by atoms with Gasteiger partial charge in [-0.3, -0.25) is 0 Å². The smallest absolute Gasteiger partial charge is 0.243 e. The van der Waals surface area contributed by atoms with Crippen molar-refractivity contribution in [3.63, 3.8) is 0 Å². The van der Waals surface area contributed by atoms with E-state index in [2.05, 4.69) is 5.32 Å². The van der Waals surface area contributed by atoms with E-state index >= 15 is 0 Å². The molecule has 0 aliphatic carbocycles. The molecular formula is C14H23FN2O2S. The van der Waals surface area contributed by atoms with Gasteiger partial charge in [0.2, 0.25) is 10.0 Å². The van der Waals surface area contributed by atoms with Crippen molar-refractivity contribution >= 4 is 10.0 Å². The summed E-state index contributed by atoms with van der Waals surface area (Å²) in [4.78, 5) is 0.124. The Morgan fingerprint density at radius 2 is 1.90 bits per heavy atom. The summed E-state index contributed by atoms with van der Waals surface area (Å²) in [5.74, 6) is -0.204. The van der Waals surface area contributed by atoms with Gasteiger partial charge in [0.25, 0.3) is 0 Å². The fourth-order valence-corrected chi connectivity index (χ4v) is 3.39. The highest BCUT2D eigenvalue weighted by molar-refractivity contribution is 7.89. The molecule has 1 N–H and O–H groups in total. The Labute approximate surface area is 121 Å². The predicted octanol–water partition coefficient (Wildman–Crippen LogP) is 2.21. The number of hydrogen-bond acceptors (Lipinski definition) is 3. The van der Waals surface area contributed by atoms with Gasteiger partial charge in [0, 0.05) is 25.2 Å². The molecule has 0 aromatic heterocycles. The van der Waals surface area contributed by atoms with Crippen LogP contribution in [0.4, 0.5) is 4.39 Å². The van der Waals surface area contributed by atoms with Crippen molar-refractivity contribution in [1.82, 2.24) is 9.62 Å². The van der Waals surface area contributed by atoms with Gasteiger partial charge in [-0.1, -0.05) is 13.8 Å². The van der Waals surface area contributed by atoms with E-state index in [1.54, 1.807) is 14.1 Å². The maximum absolute atomic E-state index is 13.6. The molecule has 0 fully saturated rings. The molecule has 0 bridgehead atoms. The van der Waals surface area contributed by atoms with E-state index in [9.17, 15) is 12.8 Å². The first-order chi connectivity index (χ1) is 9.21. The van der Waals surface area contributed by atoms with Crippen LogP contribution < -0.4 is 5.32 Å². The van der Waals surface area contributed by atoms with Crippen LogP contribution in [0.15, 0.2) is 23.1 Å². The summed E-state index contributed by atoms with van der Waals surface area (Å²) in [6.07, 6.45) is 0. The van der Waals surface area contributed by atoms with Crippen LogP contribution in [0.25, 0.3) is 0 Å². The first-order valence-electron chi connectivity index (χ1n) is 6.62. The molecule has 0 saturated carbocycles. The molecule has 0 spiro atoms. The van der Waals surface area contributed by atoms with Gasteiger partial charge in [0.15, 0.2) is 0 Å². The minimum absolute atomic E-state index is 0.124. The Balaban J connectivity index is 3.19. The molecule has 1 unspecified atom stereocenters. The minimum Gasteiger partial charge on any atom is -0.316 e. The lowest BCUT2D eigenvalue weighted by Gasteiger charge is -2.27. The van der Waals surface area contributed by atoms with E-state index in [-0.39, 0.29) is 16.9 Å². The zero-order valence-corrected chi connectivity index (χ0v) is 13.5. The summed E-state index contributed by atoms with van der Waals surface area (Å²) in [6.45, 7) is 6.08. The summed E-state index contributed by atoms with van der Waals surface area (Å²) < 4.78 is 40.0. The fraction of sp³-hybridized carbons (Fsp3) is 0.571. The molecule has 1 atom stereocenters. The third-order valence-corrected chi connectivity index (χ3v) is 5.54. The molecule has 0 amide bonds. The molecule has 0 aliphatic rings. The Bertz CT molecular complexity index is 558. The van der Waals surface area contributed by atoms with Crippen molar-refractivity contribution in [3.05, 3.63) is 29.6 Å². The highest BCUT2D eigenvalue weighted by Gasteiger charge is 2.27. The standard InChI is InChI=1S/C14H23FN2O2S/c1-10(2)11(3)17(5)20(18,19)13-6-7-14(15)12(8-13)9-16-4/h6-8,10-11,16H,9H2,1-5H3. The van der Waals surface area contributed by atoms with Crippen LogP contribution in [0.3, 0.4) is 0 Å². The van der Waals surface area contributed by atoms with Crippen LogP contribution in [0.1, 0.15) is 26.3 Å². The number of hydrogen-bond donors (Lipinski definition) is 1. The lowest BCUT2D eigenvalue weighted by Crippen LogP contribution is -2.38. The third kappa shape index (κ3) is 3.56. The summed E-state index contributed by atoms with van der Waals surface area (Å²) in [7, 11) is -0.357. The average Bonchev–Trinajstić information content (AvgIpc) is 2.39. The Morgan fingerprint density at radius 1 is 1.30 bits per heavy atom. The summed E-state index contributed by atoms with van der Waals surface area (Å²) in [5, 5.41) is 2.83. The van der Waals surface area contributed by atoms with Crippen LogP contribution in [-0.2, 0) is 16.6 Å². The van der Waals surface area contributed by atoms with Crippen molar-refractivity contribution in [1.29, 1.82) is 0 Å². The molecule has 20 heavy (non-hydrogen) atoms. The van der Waals surface area contributed by atoms with E-state index in [1.807, 2.05) is 20.8 Å². The van der Waals surface area contributed by atoms with E-state index in [1.165, 1.54) is 22.5 Å². The van der Waals surface area contributed by atoms with E-state index in [0.29, 0.717) is 12.1 Å². The quantitative estimate of drug-likeness (QED) is 0.876. The summed E-state index contributed by atoms with van der Waals surface area (Å²) >= 11 is 0. The van der Waals surface area contributed by atoms with Crippen LogP contribution in [0.2, 0.25) is 0 Å². The first kappa shape index (κ1) is 17.1. The Morgan fingerprint density at radius 3 is 2.40 bits per heavy atom. The second-order valence-electron chi connectivity index (χ2n) is 5.29. The van der Waals surface area contributed by atoms with Gasteiger partial charge in [0.05, 0.1) is 4.90 Å². The predicted molar refractivity (Wildman–Crippen MR) is 78.4 cm³/mol. The molecule has 0 heterocycles. The topological polar surface area (TPSA) is 49.4 Å². The zero-order valence-electron chi connectivity index (χ0n) is 12.6. The number of rotatable bonds is 6. The maximum Gasteiger partial charge on any atom is 0.243 e. The first-order valence-corrected chi connectivity index (χ1v) is 8.07. The lowest BCUT2D eigenvalue weighted by molar-refractivity contribution is 0.315. The van der Waals surface area contributed by atoms with Gasteiger partial charge >= 0.3 is 0 Å². The van der Waals surface area contributed by atoms with Crippen LogP contribution >= 0.6 is 0 Å². The molecular weight excluding hydrogens is 279 g/mol. The van der Waals surface area contributed by atoms with Crippen molar-refractivity contribution < 1.29 is 12.8 Å². The molecule has 0 saturated heterocycles. The molecule has 4 nitrogen and oxygen atoms in total. The number of nitrogens with one attached hydrogen (secondary N) is 1. The normalized spacial score (nSPS) is 14.0. The molecule has 1 aromatic carbocycles. The van der Waals surface area contributed by atoms with Crippen molar-refractivity contribution in [2.45, 2.75) is 38.3 Å². The number of benzene rings is 1. The SMILES string of the molecule is CNCc1cc(S(=O)(=O)N(C)C(C)C(C)C)ccc1F. The average molecular weight is 302 g/mol. The van der Waals surface area contributed by atoms with Gasteiger partial charge in [-0.2, -0.15) is 4.31 Å². The third-order valence-electron chi connectivity index (χ3n) is 3.60.